The van der Waals surface area contributed by atoms with Crippen LogP contribution in [0, 0.1) is 0 Å². The Bertz CT molecular complexity index is 1290. The van der Waals surface area contributed by atoms with Crippen LogP contribution in [-0.4, -0.2) is 66.9 Å². The van der Waals surface area contributed by atoms with Crippen LogP contribution in [0.15, 0.2) is 53.4 Å². The Kier molecular flexibility index (Phi) is 7.25. The molecule has 2 aromatic carbocycles. The van der Waals surface area contributed by atoms with E-state index >= 15 is 0 Å². The number of carbonyl (C=O) groups is 2. The van der Waals surface area contributed by atoms with Crippen molar-refractivity contribution >= 4 is 38.8 Å². The third-order valence-corrected chi connectivity index (χ3v) is 7.37. The fraction of sp³-hybridized carbons (Fsp3) is 0.348. The highest BCUT2D eigenvalue weighted by Crippen LogP contribution is 2.22. The summed E-state index contributed by atoms with van der Waals surface area (Å²) < 4.78 is 34.1. The molecule has 0 unspecified atom stereocenters. The number of amides is 2. The van der Waals surface area contributed by atoms with E-state index in [0.29, 0.717) is 31.3 Å². The summed E-state index contributed by atoms with van der Waals surface area (Å²) in [7, 11) is -3.82. The van der Waals surface area contributed by atoms with Gasteiger partial charge >= 0.3 is 0 Å². The van der Waals surface area contributed by atoms with E-state index in [4.69, 9.17) is 4.74 Å². The van der Waals surface area contributed by atoms with Crippen LogP contribution in [-0.2, 0) is 26.1 Å². The van der Waals surface area contributed by atoms with Gasteiger partial charge in [0.2, 0.25) is 21.9 Å². The van der Waals surface area contributed by atoms with Gasteiger partial charge in [0.05, 0.1) is 22.5 Å². The van der Waals surface area contributed by atoms with E-state index < -0.39 is 15.9 Å². The summed E-state index contributed by atoms with van der Waals surface area (Å²) in [5.74, 6) is -0.323. The summed E-state index contributed by atoms with van der Waals surface area (Å²) in [5.41, 5.74) is 1.96. The van der Waals surface area contributed by atoms with E-state index in [9.17, 15) is 18.0 Å². The lowest BCUT2D eigenvalue weighted by atomic mass is 10.2. The monoisotopic (exact) mass is 485 g/mol. The standard InChI is InChI=1S/C23H27N5O5S/c1-2-33-15-5-13-28-20-7-4-3-6-19(20)25-23(28)26-22(30)17-8-10-18(11-9-17)34(31,32)27-14-12-24-21(29)16-27/h3-4,6-11H,2,5,12-16H2,1H3,(H,24,29)(H,25,26,30). The molecule has 11 heteroatoms. The van der Waals surface area contributed by atoms with Crippen LogP contribution in [0.4, 0.5) is 5.95 Å². The third-order valence-electron chi connectivity index (χ3n) is 5.51. The molecule has 4 rings (SSSR count). The first kappa shape index (κ1) is 23.9. The number of aryl methyl sites for hydroxylation is 1. The van der Waals surface area contributed by atoms with Crippen LogP contribution in [0.3, 0.4) is 0 Å². The molecule has 1 aromatic heterocycles. The smallest absolute Gasteiger partial charge is 0.257 e. The van der Waals surface area contributed by atoms with Crippen LogP contribution in [0.2, 0.25) is 0 Å². The van der Waals surface area contributed by atoms with E-state index in [1.165, 1.54) is 24.3 Å². The van der Waals surface area contributed by atoms with Gasteiger partial charge in [0.1, 0.15) is 0 Å². The third kappa shape index (κ3) is 5.11. The molecule has 34 heavy (non-hydrogen) atoms. The quantitative estimate of drug-likeness (QED) is 0.446. The summed E-state index contributed by atoms with van der Waals surface area (Å²) in [6.07, 6.45) is 0.762. The topological polar surface area (TPSA) is 123 Å². The Hall–Kier alpha value is -3.28. The molecule has 0 atom stereocenters. The average Bonchev–Trinajstić information content (AvgIpc) is 3.18. The van der Waals surface area contributed by atoms with E-state index in [0.717, 1.165) is 21.8 Å². The second-order valence-electron chi connectivity index (χ2n) is 7.79. The molecule has 0 saturated carbocycles. The Morgan fingerprint density at radius 1 is 1.18 bits per heavy atom. The Morgan fingerprint density at radius 2 is 1.94 bits per heavy atom. The summed E-state index contributed by atoms with van der Waals surface area (Å²) in [6, 6.07) is 13.3. The first-order chi connectivity index (χ1) is 16.4. The molecule has 0 aliphatic carbocycles. The number of imidazole rings is 1. The maximum Gasteiger partial charge on any atom is 0.257 e. The number of hydrogen-bond donors (Lipinski definition) is 2. The Morgan fingerprint density at radius 3 is 2.68 bits per heavy atom. The first-order valence-electron chi connectivity index (χ1n) is 11.1. The fourth-order valence-corrected chi connectivity index (χ4v) is 5.18. The number of hydrogen-bond acceptors (Lipinski definition) is 6. The maximum absolute atomic E-state index is 12.9. The van der Waals surface area contributed by atoms with Crippen LogP contribution in [0.5, 0.6) is 0 Å². The number of anilines is 1. The first-order valence-corrected chi connectivity index (χ1v) is 12.6. The lowest BCUT2D eigenvalue weighted by Gasteiger charge is -2.25. The van der Waals surface area contributed by atoms with Gasteiger partial charge in [-0.2, -0.15) is 4.31 Å². The number of rotatable bonds is 9. The molecule has 1 aliphatic heterocycles. The zero-order valence-electron chi connectivity index (χ0n) is 18.9. The minimum absolute atomic E-state index is 0.0295. The van der Waals surface area contributed by atoms with Crippen molar-refractivity contribution in [2.75, 3.05) is 38.2 Å². The second kappa shape index (κ2) is 10.3. The molecule has 180 valence electrons. The number of ether oxygens (including phenoxy) is 1. The predicted octanol–water partition coefficient (Wildman–Crippen LogP) is 1.84. The van der Waals surface area contributed by atoms with E-state index in [1.807, 2.05) is 35.8 Å². The molecule has 2 N–H and O–H groups in total. The average molecular weight is 486 g/mol. The molecule has 0 spiro atoms. The van der Waals surface area contributed by atoms with E-state index in [1.54, 1.807) is 0 Å². The molecule has 10 nitrogen and oxygen atoms in total. The number of benzene rings is 2. The summed E-state index contributed by atoms with van der Waals surface area (Å²) in [5, 5.41) is 5.45. The number of aromatic nitrogens is 2. The highest BCUT2D eigenvalue weighted by Gasteiger charge is 2.29. The lowest BCUT2D eigenvalue weighted by molar-refractivity contribution is -0.122. The van der Waals surface area contributed by atoms with Crippen molar-refractivity contribution in [2.24, 2.45) is 0 Å². The fourth-order valence-electron chi connectivity index (χ4n) is 3.79. The molecular formula is C23H27N5O5S. The van der Waals surface area contributed by atoms with Gasteiger partial charge in [0, 0.05) is 38.4 Å². The van der Waals surface area contributed by atoms with Crippen molar-refractivity contribution in [3.8, 4) is 0 Å². The van der Waals surface area contributed by atoms with Crippen molar-refractivity contribution in [3.05, 3.63) is 54.1 Å². The zero-order chi connectivity index (χ0) is 24.1. The molecule has 1 fully saturated rings. The molecular weight excluding hydrogens is 458 g/mol. The minimum Gasteiger partial charge on any atom is -0.382 e. The number of nitrogens with one attached hydrogen (secondary N) is 2. The van der Waals surface area contributed by atoms with Gasteiger partial charge in [0.15, 0.2) is 0 Å². The number of carbonyl (C=O) groups excluding carboxylic acids is 2. The van der Waals surface area contributed by atoms with Crippen molar-refractivity contribution in [2.45, 2.75) is 24.8 Å². The van der Waals surface area contributed by atoms with Crippen LogP contribution in [0.1, 0.15) is 23.7 Å². The van der Waals surface area contributed by atoms with Gasteiger partial charge in [-0.3, -0.25) is 14.9 Å². The molecule has 2 heterocycles. The number of piperazine rings is 1. The van der Waals surface area contributed by atoms with Crippen molar-refractivity contribution < 1.29 is 22.7 Å². The van der Waals surface area contributed by atoms with Gasteiger partial charge in [-0.25, -0.2) is 13.4 Å². The molecule has 0 radical (unpaired) electrons. The second-order valence-corrected chi connectivity index (χ2v) is 9.73. The van der Waals surface area contributed by atoms with E-state index in [-0.39, 0.29) is 30.4 Å². The van der Waals surface area contributed by atoms with Crippen LogP contribution in [0.25, 0.3) is 11.0 Å². The molecule has 3 aromatic rings. The van der Waals surface area contributed by atoms with E-state index in [2.05, 4.69) is 15.6 Å². The summed E-state index contributed by atoms with van der Waals surface area (Å²) in [6.45, 7) is 4.06. The predicted molar refractivity (Wildman–Crippen MR) is 127 cm³/mol. The molecule has 2 amide bonds. The van der Waals surface area contributed by atoms with Crippen molar-refractivity contribution in [3.63, 3.8) is 0 Å². The SMILES string of the molecule is CCOCCCn1c(NC(=O)c2ccc(S(=O)(=O)N3CCNC(=O)C3)cc2)nc2ccccc21. The molecule has 0 bridgehead atoms. The Labute approximate surface area is 198 Å². The Balaban J connectivity index is 1.51. The maximum atomic E-state index is 12.9. The molecule has 1 aliphatic rings. The van der Waals surface area contributed by atoms with Gasteiger partial charge in [-0.1, -0.05) is 12.1 Å². The van der Waals surface area contributed by atoms with Crippen molar-refractivity contribution in [1.82, 2.24) is 19.2 Å². The van der Waals surface area contributed by atoms with Gasteiger partial charge in [0.25, 0.3) is 5.91 Å². The summed E-state index contributed by atoms with van der Waals surface area (Å²) >= 11 is 0. The van der Waals surface area contributed by atoms with Crippen molar-refractivity contribution in [1.29, 1.82) is 0 Å². The van der Waals surface area contributed by atoms with Gasteiger partial charge < -0.3 is 14.6 Å². The largest absolute Gasteiger partial charge is 0.382 e. The normalized spacial score (nSPS) is 14.8. The number of para-hydroxylation sites is 2. The highest BCUT2D eigenvalue weighted by atomic mass is 32.2. The van der Waals surface area contributed by atoms with Gasteiger partial charge in [-0.15, -0.1) is 0 Å². The highest BCUT2D eigenvalue weighted by molar-refractivity contribution is 7.89. The van der Waals surface area contributed by atoms with Crippen LogP contribution < -0.4 is 10.6 Å². The van der Waals surface area contributed by atoms with Gasteiger partial charge in [-0.05, 0) is 49.7 Å². The zero-order valence-corrected chi connectivity index (χ0v) is 19.7. The molecule has 1 saturated heterocycles. The minimum atomic E-state index is -3.82. The van der Waals surface area contributed by atoms with Crippen LogP contribution >= 0.6 is 0 Å². The summed E-state index contributed by atoms with van der Waals surface area (Å²) in [4.78, 5) is 29.1. The number of sulfonamides is 1. The number of nitrogens with zero attached hydrogens (tertiary/aromatic N) is 3. The lowest BCUT2D eigenvalue weighted by Crippen LogP contribution is -2.49. The number of fused-ring (bicyclic) bond motifs is 1.